The molecule has 3 heterocycles. The van der Waals surface area contributed by atoms with Crippen LogP contribution in [-0.4, -0.2) is 28.0 Å². The molecule has 1 aliphatic carbocycles. The number of piperidine rings is 1. The standard InChI is InChI=1S/C19H17N5/c1-19-6-14(19)9-24(10-19)18-16-15(8-21-17(16)22-11-23-18)13-4-2-3-12(5-13)7-20/h2-5,8,11,14H,6,9-10H2,1H3,(H,21,22,23). The zero-order valence-electron chi connectivity index (χ0n) is 13.5. The van der Waals surface area contributed by atoms with Gasteiger partial charge in [-0.1, -0.05) is 19.1 Å². The minimum Gasteiger partial charge on any atom is -0.355 e. The molecule has 2 aromatic heterocycles. The number of hydrogen-bond acceptors (Lipinski definition) is 4. The van der Waals surface area contributed by atoms with Gasteiger partial charge in [-0.3, -0.25) is 0 Å². The van der Waals surface area contributed by atoms with Crippen LogP contribution >= 0.6 is 0 Å². The smallest absolute Gasteiger partial charge is 0.143 e. The number of nitriles is 1. The second-order valence-corrected chi connectivity index (χ2v) is 7.25. The van der Waals surface area contributed by atoms with Crippen LogP contribution in [0, 0.1) is 22.7 Å². The third-order valence-electron chi connectivity index (χ3n) is 5.58. The number of H-pyrrole nitrogens is 1. The number of aromatic nitrogens is 3. The van der Waals surface area contributed by atoms with Gasteiger partial charge >= 0.3 is 0 Å². The number of fused-ring (bicyclic) bond motifs is 2. The quantitative estimate of drug-likeness (QED) is 0.787. The Morgan fingerprint density at radius 3 is 3.08 bits per heavy atom. The lowest BCUT2D eigenvalue weighted by atomic mass is 10.0. The monoisotopic (exact) mass is 315 g/mol. The number of hydrogen-bond donors (Lipinski definition) is 1. The number of aromatic amines is 1. The van der Waals surface area contributed by atoms with E-state index in [0.29, 0.717) is 11.0 Å². The van der Waals surface area contributed by atoms with E-state index in [2.05, 4.69) is 32.8 Å². The molecule has 24 heavy (non-hydrogen) atoms. The predicted octanol–water partition coefficient (Wildman–Crippen LogP) is 3.34. The van der Waals surface area contributed by atoms with Gasteiger partial charge in [0.15, 0.2) is 0 Å². The third kappa shape index (κ3) is 1.86. The highest BCUT2D eigenvalue weighted by atomic mass is 15.2. The molecule has 5 heteroatoms. The summed E-state index contributed by atoms with van der Waals surface area (Å²) in [5.74, 6) is 1.80. The highest BCUT2D eigenvalue weighted by molar-refractivity contribution is 6.01. The van der Waals surface area contributed by atoms with E-state index in [1.54, 1.807) is 6.33 Å². The molecule has 2 fully saturated rings. The number of nitrogens with zero attached hydrogens (tertiary/aromatic N) is 4. The van der Waals surface area contributed by atoms with E-state index in [0.717, 1.165) is 47.0 Å². The average Bonchev–Trinajstić information content (AvgIpc) is 2.97. The lowest BCUT2D eigenvalue weighted by Gasteiger charge is -2.21. The second kappa shape index (κ2) is 4.57. The third-order valence-corrected chi connectivity index (χ3v) is 5.58. The largest absolute Gasteiger partial charge is 0.355 e. The van der Waals surface area contributed by atoms with Crippen LogP contribution in [0.1, 0.15) is 18.9 Å². The van der Waals surface area contributed by atoms with E-state index in [1.165, 1.54) is 6.42 Å². The number of benzene rings is 1. The first-order valence-electron chi connectivity index (χ1n) is 8.25. The average molecular weight is 315 g/mol. The summed E-state index contributed by atoms with van der Waals surface area (Å²) < 4.78 is 0. The van der Waals surface area contributed by atoms with Gasteiger partial charge in [-0.15, -0.1) is 0 Å². The maximum absolute atomic E-state index is 9.17. The van der Waals surface area contributed by atoms with Crippen molar-refractivity contribution in [1.82, 2.24) is 15.0 Å². The molecule has 118 valence electrons. The van der Waals surface area contributed by atoms with Crippen molar-refractivity contribution in [3.05, 3.63) is 42.4 Å². The van der Waals surface area contributed by atoms with Gasteiger partial charge in [0.2, 0.25) is 0 Å². The lowest BCUT2D eigenvalue weighted by molar-refractivity contribution is 0.596. The van der Waals surface area contributed by atoms with E-state index in [1.807, 2.05) is 30.5 Å². The summed E-state index contributed by atoms with van der Waals surface area (Å²) >= 11 is 0. The summed E-state index contributed by atoms with van der Waals surface area (Å²) in [4.78, 5) is 14.6. The van der Waals surface area contributed by atoms with E-state index in [4.69, 9.17) is 0 Å². The van der Waals surface area contributed by atoms with Crippen molar-refractivity contribution in [2.45, 2.75) is 13.3 Å². The van der Waals surface area contributed by atoms with Crippen molar-refractivity contribution < 1.29 is 0 Å². The Morgan fingerprint density at radius 2 is 2.29 bits per heavy atom. The van der Waals surface area contributed by atoms with Crippen molar-refractivity contribution >= 4 is 16.9 Å². The summed E-state index contributed by atoms with van der Waals surface area (Å²) in [7, 11) is 0. The molecule has 0 amide bonds. The minimum absolute atomic E-state index is 0.467. The van der Waals surface area contributed by atoms with Crippen molar-refractivity contribution in [2.24, 2.45) is 11.3 Å². The topological polar surface area (TPSA) is 68.6 Å². The molecule has 2 aliphatic rings. The normalized spacial score (nSPS) is 24.8. The van der Waals surface area contributed by atoms with Crippen LogP contribution < -0.4 is 4.90 Å². The molecule has 1 saturated carbocycles. The molecular weight excluding hydrogens is 298 g/mol. The fourth-order valence-corrected chi connectivity index (χ4v) is 4.08. The number of anilines is 1. The Morgan fingerprint density at radius 1 is 1.38 bits per heavy atom. The van der Waals surface area contributed by atoms with Gasteiger partial charge in [0.1, 0.15) is 17.8 Å². The van der Waals surface area contributed by atoms with Crippen LogP contribution in [-0.2, 0) is 0 Å². The summed E-state index contributed by atoms with van der Waals surface area (Å²) in [6.07, 6.45) is 4.94. The Kier molecular flexibility index (Phi) is 2.58. The Hall–Kier alpha value is -2.87. The van der Waals surface area contributed by atoms with Crippen molar-refractivity contribution in [2.75, 3.05) is 18.0 Å². The molecule has 0 spiro atoms. The summed E-state index contributed by atoms with van der Waals surface area (Å²) in [6.45, 7) is 4.50. The molecular formula is C19H17N5. The maximum atomic E-state index is 9.17. The molecule has 1 saturated heterocycles. The molecule has 0 bridgehead atoms. The first kappa shape index (κ1) is 13.6. The molecule has 2 atom stereocenters. The van der Waals surface area contributed by atoms with Gasteiger partial charge in [-0.2, -0.15) is 5.26 Å². The van der Waals surface area contributed by atoms with Crippen LogP contribution in [0.25, 0.3) is 22.2 Å². The van der Waals surface area contributed by atoms with Crippen molar-refractivity contribution in [3.8, 4) is 17.2 Å². The highest BCUT2D eigenvalue weighted by Gasteiger charge is 2.56. The number of rotatable bonds is 2. The van der Waals surface area contributed by atoms with Crippen molar-refractivity contribution in [1.29, 1.82) is 5.26 Å². The molecule has 1 N–H and O–H groups in total. The SMILES string of the molecule is CC12CC1CN(c1ncnc3[nH]cc(-c4cccc(C#N)c4)c13)C2. The maximum Gasteiger partial charge on any atom is 0.143 e. The van der Waals surface area contributed by atoms with Gasteiger partial charge in [0, 0.05) is 24.8 Å². The molecule has 1 aromatic carbocycles. The van der Waals surface area contributed by atoms with Gasteiger partial charge in [0.05, 0.1) is 17.0 Å². The predicted molar refractivity (Wildman–Crippen MR) is 92.5 cm³/mol. The molecule has 5 nitrogen and oxygen atoms in total. The highest BCUT2D eigenvalue weighted by Crippen LogP contribution is 2.58. The Bertz CT molecular complexity index is 998. The molecule has 5 rings (SSSR count). The zero-order valence-corrected chi connectivity index (χ0v) is 13.5. The van der Waals surface area contributed by atoms with Crippen LogP contribution in [0.4, 0.5) is 5.82 Å². The van der Waals surface area contributed by atoms with Crippen LogP contribution in [0.2, 0.25) is 0 Å². The van der Waals surface area contributed by atoms with E-state index in [-0.39, 0.29) is 0 Å². The minimum atomic E-state index is 0.467. The first-order chi connectivity index (χ1) is 11.7. The zero-order chi connectivity index (χ0) is 16.3. The van der Waals surface area contributed by atoms with Gasteiger partial charge in [-0.25, -0.2) is 9.97 Å². The first-order valence-corrected chi connectivity index (χ1v) is 8.25. The summed E-state index contributed by atoms with van der Waals surface area (Å²) in [5.41, 5.74) is 4.06. The van der Waals surface area contributed by atoms with Crippen LogP contribution in [0.15, 0.2) is 36.8 Å². The fraction of sp³-hybridized carbons (Fsp3) is 0.316. The van der Waals surface area contributed by atoms with Crippen LogP contribution in [0.3, 0.4) is 0 Å². The Labute approximate surface area is 140 Å². The van der Waals surface area contributed by atoms with Gasteiger partial charge < -0.3 is 9.88 Å². The van der Waals surface area contributed by atoms with E-state index in [9.17, 15) is 5.26 Å². The lowest BCUT2D eigenvalue weighted by Crippen LogP contribution is -2.25. The fourth-order valence-electron chi connectivity index (χ4n) is 4.08. The van der Waals surface area contributed by atoms with Gasteiger partial charge in [0.25, 0.3) is 0 Å². The van der Waals surface area contributed by atoms with Crippen molar-refractivity contribution in [3.63, 3.8) is 0 Å². The molecule has 3 aromatic rings. The van der Waals surface area contributed by atoms with Crippen LogP contribution in [0.5, 0.6) is 0 Å². The summed E-state index contributed by atoms with van der Waals surface area (Å²) in [5, 5.41) is 10.2. The summed E-state index contributed by atoms with van der Waals surface area (Å²) in [6, 6.07) is 9.90. The van der Waals surface area contributed by atoms with E-state index < -0.39 is 0 Å². The molecule has 2 unspecified atom stereocenters. The number of nitrogens with one attached hydrogen (secondary N) is 1. The van der Waals surface area contributed by atoms with E-state index >= 15 is 0 Å². The molecule has 1 aliphatic heterocycles. The second-order valence-electron chi connectivity index (χ2n) is 7.25. The van der Waals surface area contributed by atoms with Gasteiger partial charge in [-0.05, 0) is 35.4 Å². The molecule has 0 radical (unpaired) electrons. The Balaban J connectivity index is 1.67.